The van der Waals surface area contributed by atoms with Crippen molar-refractivity contribution in [2.45, 2.75) is 27.7 Å². The van der Waals surface area contributed by atoms with Crippen molar-refractivity contribution in [2.24, 2.45) is 0 Å². The van der Waals surface area contributed by atoms with Gasteiger partial charge < -0.3 is 9.47 Å². The van der Waals surface area contributed by atoms with Gasteiger partial charge in [0.1, 0.15) is 0 Å². The van der Waals surface area contributed by atoms with E-state index in [-0.39, 0.29) is 29.9 Å². The smallest absolute Gasteiger partial charge is 0.340 e. The van der Waals surface area contributed by atoms with Crippen molar-refractivity contribution in [1.82, 2.24) is 4.98 Å². The van der Waals surface area contributed by atoms with Crippen LogP contribution in [0.2, 0.25) is 10.0 Å². The third-order valence-electron chi connectivity index (χ3n) is 3.73. The Morgan fingerprint density at radius 2 is 1.31 bits per heavy atom. The van der Waals surface area contributed by atoms with Crippen molar-refractivity contribution >= 4 is 35.1 Å². The highest BCUT2D eigenvalue weighted by Gasteiger charge is 2.29. The molecule has 138 valence electrons. The van der Waals surface area contributed by atoms with Crippen LogP contribution in [0.25, 0.3) is 11.1 Å². The number of ether oxygens (including phenoxy) is 2. The van der Waals surface area contributed by atoms with Gasteiger partial charge in [-0.2, -0.15) is 0 Å². The van der Waals surface area contributed by atoms with Gasteiger partial charge >= 0.3 is 11.9 Å². The fourth-order valence-electron chi connectivity index (χ4n) is 2.74. The molecule has 0 spiro atoms. The number of halogens is 2. The fraction of sp³-hybridized carbons (Fsp3) is 0.316. The zero-order chi connectivity index (χ0) is 19.4. The van der Waals surface area contributed by atoms with Crippen LogP contribution in [0, 0.1) is 13.8 Å². The molecular formula is C19H19Cl2NO4. The Morgan fingerprint density at radius 3 is 1.69 bits per heavy atom. The molecule has 0 amide bonds. The number of carbonyl (C=O) groups is 2. The van der Waals surface area contributed by atoms with E-state index < -0.39 is 11.9 Å². The predicted octanol–water partition coefficient (Wildman–Crippen LogP) is 5.03. The molecule has 5 nitrogen and oxygen atoms in total. The quantitative estimate of drug-likeness (QED) is 0.664. The van der Waals surface area contributed by atoms with Crippen LogP contribution in [0.1, 0.15) is 46.0 Å². The van der Waals surface area contributed by atoms with Gasteiger partial charge in [0.2, 0.25) is 0 Å². The molecule has 0 aliphatic rings. The Hall–Kier alpha value is -2.11. The second-order valence-electron chi connectivity index (χ2n) is 5.45. The highest BCUT2D eigenvalue weighted by atomic mass is 35.5. The van der Waals surface area contributed by atoms with E-state index in [4.69, 9.17) is 32.7 Å². The summed E-state index contributed by atoms with van der Waals surface area (Å²) in [6, 6.07) is 4.96. The van der Waals surface area contributed by atoms with Crippen LogP contribution in [0.15, 0.2) is 18.2 Å². The summed E-state index contributed by atoms with van der Waals surface area (Å²) in [5.74, 6) is -1.21. The number of rotatable bonds is 5. The van der Waals surface area contributed by atoms with Gasteiger partial charge in [-0.25, -0.2) is 9.59 Å². The average Bonchev–Trinajstić information content (AvgIpc) is 2.54. The molecule has 0 N–H and O–H groups in total. The minimum Gasteiger partial charge on any atom is -0.462 e. The van der Waals surface area contributed by atoms with E-state index in [0.717, 1.165) is 0 Å². The molecule has 26 heavy (non-hydrogen) atoms. The Kier molecular flexibility index (Phi) is 6.62. The predicted molar refractivity (Wildman–Crippen MR) is 101 cm³/mol. The number of pyridine rings is 1. The van der Waals surface area contributed by atoms with Gasteiger partial charge in [0.05, 0.1) is 35.7 Å². The summed E-state index contributed by atoms with van der Waals surface area (Å²) in [5.41, 5.74) is 1.78. The first kappa shape index (κ1) is 20.2. The maximum absolute atomic E-state index is 12.6. The van der Waals surface area contributed by atoms with Crippen LogP contribution < -0.4 is 0 Å². The monoisotopic (exact) mass is 395 g/mol. The zero-order valence-corrected chi connectivity index (χ0v) is 16.5. The van der Waals surface area contributed by atoms with Crippen LogP contribution in [0.4, 0.5) is 0 Å². The SMILES string of the molecule is CCOC(=O)c1c(C)nc(C)c(C(=O)OCC)c1-c1c(Cl)cccc1Cl. The Bertz CT molecular complexity index is 803. The van der Waals surface area contributed by atoms with E-state index in [2.05, 4.69) is 4.98 Å². The number of hydrogen-bond acceptors (Lipinski definition) is 5. The molecule has 0 aliphatic heterocycles. The summed E-state index contributed by atoms with van der Waals surface area (Å²) in [7, 11) is 0. The molecule has 1 heterocycles. The van der Waals surface area contributed by atoms with Gasteiger partial charge in [-0.3, -0.25) is 4.98 Å². The van der Waals surface area contributed by atoms with Gasteiger partial charge in [-0.15, -0.1) is 0 Å². The first-order valence-corrected chi connectivity index (χ1v) is 8.88. The lowest BCUT2D eigenvalue weighted by Gasteiger charge is -2.19. The molecule has 1 aromatic heterocycles. The molecule has 2 rings (SSSR count). The molecule has 0 bridgehead atoms. The van der Waals surface area contributed by atoms with Crippen LogP contribution in [0.5, 0.6) is 0 Å². The van der Waals surface area contributed by atoms with E-state index in [1.54, 1.807) is 45.9 Å². The topological polar surface area (TPSA) is 65.5 Å². The van der Waals surface area contributed by atoms with E-state index in [9.17, 15) is 9.59 Å². The van der Waals surface area contributed by atoms with Gasteiger partial charge in [-0.1, -0.05) is 29.3 Å². The lowest BCUT2D eigenvalue weighted by molar-refractivity contribution is 0.0525. The second-order valence-corrected chi connectivity index (χ2v) is 6.26. The molecule has 0 fully saturated rings. The summed E-state index contributed by atoms with van der Waals surface area (Å²) < 4.78 is 10.3. The summed E-state index contributed by atoms with van der Waals surface area (Å²) in [6.07, 6.45) is 0. The first-order valence-electron chi connectivity index (χ1n) is 8.13. The molecule has 2 aromatic rings. The third-order valence-corrected chi connectivity index (χ3v) is 4.36. The number of aromatic nitrogens is 1. The highest BCUT2D eigenvalue weighted by molar-refractivity contribution is 6.40. The Labute approximate surface area is 162 Å². The minimum absolute atomic E-state index is 0.149. The van der Waals surface area contributed by atoms with Crippen molar-refractivity contribution in [3.8, 4) is 11.1 Å². The van der Waals surface area contributed by atoms with Gasteiger partial charge in [0.25, 0.3) is 0 Å². The van der Waals surface area contributed by atoms with Crippen LogP contribution >= 0.6 is 23.2 Å². The zero-order valence-electron chi connectivity index (χ0n) is 15.0. The molecule has 0 unspecified atom stereocenters. The van der Waals surface area contributed by atoms with E-state index in [1.807, 2.05) is 0 Å². The van der Waals surface area contributed by atoms with E-state index in [0.29, 0.717) is 27.0 Å². The molecular weight excluding hydrogens is 377 g/mol. The number of benzene rings is 1. The molecule has 0 atom stereocenters. The third kappa shape index (κ3) is 3.84. The summed E-state index contributed by atoms with van der Waals surface area (Å²) >= 11 is 12.7. The minimum atomic E-state index is -0.603. The molecule has 7 heteroatoms. The van der Waals surface area contributed by atoms with Gasteiger partial charge in [0.15, 0.2) is 0 Å². The average molecular weight is 396 g/mol. The highest BCUT2D eigenvalue weighted by Crippen LogP contribution is 2.40. The Morgan fingerprint density at radius 1 is 0.885 bits per heavy atom. The van der Waals surface area contributed by atoms with E-state index >= 15 is 0 Å². The number of carbonyl (C=O) groups excluding carboxylic acids is 2. The molecule has 0 radical (unpaired) electrons. The first-order chi connectivity index (χ1) is 12.3. The van der Waals surface area contributed by atoms with Crippen molar-refractivity contribution in [1.29, 1.82) is 0 Å². The van der Waals surface area contributed by atoms with Crippen molar-refractivity contribution in [3.63, 3.8) is 0 Å². The van der Waals surface area contributed by atoms with Crippen molar-refractivity contribution in [2.75, 3.05) is 13.2 Å². The maximum Gasteiger partial charge on any atom is 0.340 e. The van der Waals surface area contributed by atoms with Crippen LogP contribution in [-0.2, 0) is 9.47 Å². The summed E-state index contributed by atoms with van der Waals surface area (Å²) in [6.45, 7) is 7.09. The summed E-state index contributed by atoms with van der Waals surface area (Å²) in [5, 5.41) is 0.609. The fourth-order valence-corrected chi connectivity index (χ4v) is 3.33. The van der Waals surface area contributed by atoms with Crippen LogP contribution in [-0.4, -0.2) is 30.1 Å². The molecule has 0 aliphatic carbocycles. The van der Waals surface area contributed by atoms with Gasteiger partial charge in [-0.05, 0) is 39.8 Å². The van der Waals surface area contributed by atoms with E-state index in [1.165, 1.54) is 0 Å². The standard InChI is InChI=1S/C19H19Cl2NO4/c1-5-25-18(23)14-10(3)22-11(4)15(19(24)26-6-2)17(14)16-12(20)8-7-9-13(16)21/h7-9H,5-6H2,1-4H3. The molecule has 1 aromatic carbocycles. The second kappa shape index (κ2) is 8.52. The lowest BCUT2D eigenvalue weighted by atomic mass is 9.92. The van der Waals surface area contributed by atoms with Crippen LogP contribution in [0.3, 0.4) is 0 Å². The summed E-state index contributed by atoms with van der Waals surface area (Å²) in [4.78, 5) is 29.6. The largest absolute Gasteiger partial charge is 0.462 e. The number of nitrogens with zero attached hydrogens (tertiary/aromatic N) is 1. The van der Waals surface area contributed by atoms with Crippen molar-refractivity contribution in [3.05, 3.63) is 50.8 Å². The van der Waals surface area contributed by atoms with Gasteiger partial charge in [0, 0.05) is 21.2 Å². The number of esters is 2. The Balaban J connectivity index is 2.96. The maximum atomic E-state index is 12.6. The normalized spacial score (nSPS) is 10.5. The van der Waals surface area contributed by atoms with Crippen molar-refractivity contribution < 1.29 is 19.1 Å². The molecule has 0 saturated heterocycles. The molecule has 0 saturated carbocycles. The lowest BCUT2D eigenvalue weighted by Crippen LogP contribution is -2.17. The number of aryl methyl sites for hydroxylation is 2. The number of hydrogen-bond donors (Lipinski definition) is 0.